The molecule has 3 atom stereocenters. The number of aliphatic hydroxyl groups is 1. The zero-order chi connectivity index (χ0) is 14.7. The van der Waals surface area contributed by atoms with Gasteiger partial charge in [0.05, 0.1) is 18.8 Å². The fraction of sp³-hybridized carbons (Fsp3) is 0.615. The molecule has 1 aliphatic heterocycles. The lowest BCUT2D eigenvalue weighted by Gasteiger charge is -2.15. The topological polar surface area (TPSA) is 108 Å². The van der Waals surface area contributed by atoms with E-state index in [1.165, 1.54) is 10.8 Å². The van der Waals surface area contributed by atoms with Crippen LogP contribution in [0.3, 0.4) is 0 Å². The van der Waals surface area contributed by atoms with Crippen molar-refractivity contribution in [2.24, 2.45) is 5.92 Å². The molecule has 1 aliphatic rings. The maximum Gasteiger partial charge on any atom is 0.330 e. The molecule has 0 amide bonds. The molecule has 0 radical (unpaired) electrons. The van der Waals surface area contributed by atoms with Gasteiger partial charge in [0, 0.05) is 18.2 Å². The zero-order valence-corrected chi connectivity index (χ0v) is 11.2. The summed E-state index contributed by atoms with van der Waals surface area (Å²) in [7, 11) is 0. The number of ether oxygens (including phenoxy) is 1. The van der Waals surface area contributed by atoms with Crippen molar-refractivity contribution in [2.75, 3.05) is 6.61 Å². The molecular weight excluding hydrogens is 262 g/mol. The van der Waals surface area contributed by atoms with Crippen LogP contribution in [-0.4, -0.2) is 27.4 Å². The minimum Gasteiger partial charge on any atom is -0.394 e. The Hall–Kier alpha value is -1.91. The first-order valence-corrected chi connectivity index (χ1v) is 6.52. The molecule has 2 heterocycles. The Bertz CT molecular complexity index is 628. The second-order valence-corrected chi connectivity index (χ2v) is 4.98. The van der Waals surface area contributed by atoms with Gasteiger partial charge in [-0.25, -0.2) is 4.79 Å². The van der Waals surface area contributed by atoms with Crippen LogP contribution in [0.15, 0.2) is 15.8 Å². The van der Waals surface area contributed by atoms with E-state index >= 15 is 0 Å². The predicted molar refractivity (Wildman–Crippen MR) is 70.0 cm³/mol. The number of aliphatic hydroxyl groups excluding tert-OH is 1. The van der Waals surface area contributed by atoms with Crippen LogP contribution in [0.25, 0.3) is 0 Å². The largest absolute Gasteiger partial charge is 0.394 e. The first-order chi connectivity index (χ1) is 9.56. The van der Waals surface area contributed by atoms with Crippen LogP contribution in [0.4, 0.5) is 0 Å². The SMILES string of the molecule is Cc1cn([C@H]2C[C@@H](CCC#N)[C@@H](CO)O2)c(=O)[nH]c1=O. The highest BCUT2D eigenvalue weighted by atomic mass is 16.5. The minimum atomic E-state index is -0.525. The van der Waals surface area contributed by atoms with Crippen LogP contribution in [0.1, 0.15) is 31.1 Å². The van der Waals surface area contributed by atoms with Crippen LogP contribution < -0.4 is 11.2 Å². The third kappa shape index (κ3) is 2.81. The quantitative estimate of drug-likeness (QED) is 0.809. The standard InChI is InChI=1S/C13H17N3O4/c1-8-6-16(13(19)15-12(8)18)11-5-9(3-2-4-14)10(7-17)20-11/h6,9-11,17H,2-3,5,7H2,1H3,(H,15,18,19)/t9-,10-,11-/m1/s1. The van der Waals surface area contributed by atoms with Crippen LogP contribution in [-0.2, 0) is 4.74 Å². The van der Waals surface area contributed by atoms with Gasteiger partial charge in [-0.1, -0.05) is 0 Å². The normalized spacial score (nSPS) is 25.6. The van der Waals surface area contributed by atoms with Gasteiger partial charge in [-0.15, -0.1) is 0 Å². The average Bonchev–Trinajstić information content (AvgIpc) is 2.83. The summed E-state index contributed by atoms with van der Waals surface area (Å²) in [6, 6.07) is 2.07. The van der Waals surface area contributed by atoms with Crippen molar-refractivity contribution in [1.29, 1.82) is 5.26 Å². The number of aromatic amines is 1. The molecule has 0 unspecified atom stereocenters. The number of aryl methyl sites for hydroxylation is 1. The molecule has 1 saturated heterocycles. The Labute approximate surface area is 115 Å². The summed E-state index contributed by atoms with van der Waals surface area (Å²) in [5.41, 5.74) is -0.513. The van der Waals surface area contributed by atoms with Gasteiger partial charge in [-0.3, -0.25) is 14.3 Å². The van der Waals surface area contributed by atoms with Crippen molar-refractivity contribution in [3.63, 3.8) is 0 Å². The summed E-state index contributed by atoms with van der Waals surface area (Å²) in [6.07, 6.45) is 2.11. The van der Waals surface area contributed by atoms with E-state index in [1.807, 2.05) is 0 Å². The lowest BCUT2D eigenvalue weighted by molar-refractivity contribution is -0.0331. The molecular formula is C13H17N3O4. The molecule has 20 heavy (non-hydrogen) atoms. The number of nitrogens with one attached hydrogen (secondary N) is 1. The summed E-state index contributed by atoms with van der Waals surface area (Å²) in [5.74, 6) is 0.0313. The van der Waals surface area contributed by atoms with E-state index in [4.69, 9.17) is 10.00 Å². The van der Waals surface area contributed by atoms with Gasteiger partial charge in [0.25, 0.3) is 5.56 Å². The molecule has 0 saturated carbocycles. The number of hydrogen-bond acceptors (Lipinski definition) is 5. The average molecular weight is 279 g/mol. The van der Waals surface area contributed by atoms with E-state index in [0.29, 0.717) is 24.8 Å². The molecule has 0 bridgehead atoms. The number of nitrogens with zero attached hydrogens (tertiary/aromatic N) is 2. The van der Waals surface area contributed by atoms with Gasteiger partial charge >= 0.3 is 5.69 Å². The van der Waals surface area contributed by atoms with E-state index < -0.39 is 17.5 Å². The third-order valence-corrected chi connectivity index (χ3v) is 3.63. The lowest BCUT2D eigenvalue weighted by atomic mass is 9.96. The summed E-state index contributed by atoms with van der Waals surface area (Å²) in [5, 5.41) is 17.9. The van der Waals surface area contributed by atoms with Gasteiger partial charge in [0.15, 0.2) is 0 Å². The first-order valence-electron chi connectivity index (χ1n) is 6.52. The Balaban J connectivity index is 2.23. The third-order valence-electron chi connectivity index (χ3n) is 3.63. The number of rotatable bonds is 4. The molecule has 7 heteroatoms. The highest BCUT2D eigenvalue weighted by Gasteiger charge is 2.35. The maximum absolute atomic E-state index is 11.8. The summed E-state index contributed by atoms with van der Waals surface area (Å²) in [4.78, 5) is 25.4. The summed E-state index contributed by atoms with van der Waals surface area (Å²) in [6.45, 7) is 1.46. The van der Waals surface area contributed by atoms with Crippen LogP contribution >= 0.6 is 0 Å². The summed E-state index contributed by atoms with van der Waals surface area (Å²) >= 11 is 0. The van der Waals surface area contributed by atoms with Crippen LogP contribution in [0, 0.1) is 24.2 Å². The molecule has 7 nitrogen and oxygen atoms in total. The molecule has 0 spiro atoms. The molecule has 2 N–H and O–H groups in total. The lowest BCUT2D eigenvalue weighted by Crippen LogP contribution is -2.33. The molecule has 0 aromatic carbocycles. The Kier molecular flexibility index (Phi) is 4.37. The fourth-order valence-electron chi connectivity index (χ4n) is 2.50. The molecule has 0 aliphatic carbocycles. The minimum absolute atomic E-state index is 0.0313. The molecule has 1 fully saturated rings. The second kappa shape index (κ2) is 6.03. The van der Waals surface area contributed by atoms with Crippen LogP contribution in [0.2, 0.25) is 0 Å². The van der Waals surface area contributed by atoms with Crippen molar-refractivity contribution in [3.8, 4) is 6.07 Å². The fourth-order valence-corrected chi connectivity index (χ4v) is 2.50. The molecule has 2 rings (SSSR count). The first kappa shape index (κ1) is 14.5. The van der Waals surface area contributed by atoms with E-state index in [-0.39, 0.29) is 18.6 Å². The number of hydrogen-bond donors (Lipinski definition) is 2. The molecule has 108 valence electrons. The molecule has 1 aromatic heterocycles. The van der Waals surface area contributed by atoms with E-state index in [0.717, 1.165) is 0 Å². The van der Waals surface area contributed by atoms with Gasteiger partial charge in [0.2, 0.25) is 0 Å². The van der Waals surface area contributed by atoms with Crippen molar-refractivity contribution in [1.82, 2.24) is 9.55 Å². The highest BCUT2D eigenvalue weighted by Crippen LogP contribution is 2.35. The Morgan fingerprint density at radius 1 is 1.60 bits per heavy atom. The molecule has 1 aromatic rings. The van der Waals surface area contributed by atoms with Gasteiger partial charge < -0.3 is 9.84 Å². The Morgan fingerprint density at radius 2 is 2.35 bits per heavy atom. The van der Waals surface area contributed by atoms with E-state index in [9.17, 15) is 14.7 Å². The van der Waals surface area contributed by atoms with E-state index in [1.54, 1.807) is 6.92 Å². The van der Waals surface area contributed by atoms with Crippen molar-refractivity contribution in [3.05, 3.63) is 32.6 Å². The van der Waals surface area contributed by atoms with Crippen molar-refractivity contribution >= 4 is 0 Å². The van der Waals surface area contributed by atoms with Crippen LogP contribution in [0.5, 0.6) is 0 Å². The van der Waals surface area contributed by atoms with Crippen molar-refractivity contribution < 1.29 is 9.84 Å². The maximum atomic E-state index is 11.8. The zero-order valence-electron chi connectivity index (χ0n) is 11.2. The second-order valence-electron chi connectivity index (χ2n) is 4.98. The van der Waals surface area contributed by atoms with Crippen molar-refractivity contribution in [2.45, 2.75) is 38.5 Å². The summed E-state index contributed by atoms with van der Waals surface area (Å²) < 4.78 is 7.00. The number of aromatic nitrogens is 2. The monoisotopic (exact) mass is 279 g/mol. The van der Waals surface area contributed by atoms with Gasteiger partial charge in [-0.05, 0) is 25.7 Å². The van der Waals surface area contributed by atoms with E-state index in [2.05, 4.69) is 11.1 Å². The number of nitriles is 1. The van der Waals surface area contributed by atoms with Gasteiger partial charge in [0.1, 0.15) is 6.23 Å². The van der Waals surface area contributed by atoms with Gasteiger partial charge in [-0.2, -0.15) is 5.26 Å². The number of H-pyrrole nitrogens is 1. The predicted octanol–water partition coefficient (Wildman–Crippen LogP) is 0.0448. The highest BCUT2D eigenvalue weighted by molar-refractivity contribution is 5.02. The Morgan fingerprint density at radius 3 is 3.00 bits per heavy atom. The smallest absolute Gasteiger partial charge is 0.330 e.